The standard InChI is InChI=1S/C16H24N2O4/c1-4-20-14-9-10-17-16(18-14)22-12-8-6-5-7-11-21-15(19)13(2)3/h9-10H,2,4-8,11-12H2,1,3H3. The average Bonchev–Trinajstić information content (AvgIpc) is 2.50. The van der Waals surface area contributed by atoms with Crippen molar-refractivity contribution in [1.82, 2.24) is 9.97 Å². The van der Waals surface area contributed by atoms with Gasteiger partial charge < -0.3 is 14.2 Å². The largest absolute Gasteiger partial charge is 0.478 e. The maximum absolute atomic E-state index is 11.1. The van der Waals surface area contributed by atoms with Crippen LogP contribution in [0.25, 0.3) is 0 Å². The molecule has 0 aliphatic heterocycles. The number of nitrogens with zero attached hydrogens (tertiary/aromatic N) is 2. The molecule has 1 aromatic heterocycles. The summed E-state index contributed by atoms with van der Waals surface area (Å²) in [5, 5.41) is 0. The van der Waals surface area contributed by atoms with Gasteiger partial charge in [0.05, 0.1) is 19.8 Å². The summed E-state index contributed by atoms with van der Waals surface area (Å²) >= 11 is 0. The van der Waals surface area contributed by atoms with E-state index in [-0.39, 0.29) is 5.97 Å². The van der Waals surface area contributed by atoms with Crippen LogP contribution in [-0.4, -0.2) is 35.8 Å². The molecule has 122 valence electrons. The van der Waals surface area contributed by atoms with Crippen molar-refractivity contribution in [3.63, 3.8) is 0 Å². The Morgan fingerprint density at radius 2 is 1.91 bits per heavy atom. The lowest BCUT2D eigenvalue weighted by Gasteiger charge is -2.06. The second-order valence-electron chi connectivity index (χ2n) is 4.79. The minimum Gasteiger partial charge on any atom is -0.478 e. The van der Waals surface area contributed by atoms with E-state index in [9.17, 15) is 4.79 Å². The van der Waals surface area contributed by atoms with Crippen molar-refractivity contribution in [2.45, 2.75) is 39.5 Å². The summed E-state index contributed by atoms with van der Waals surface area (Å²) in [6, 6.07) is 2.03. The van der Waals surface area contributed by atoms with Crippen molar-refractivity contribution in [3.05, 3.63) is 24.4 Å². The lowest BCUT2D eigenvalue weighted by atomic mass is 10.2. The molecule has 0 N–H and O–H groups in total. The number of rotatable bonds is 11. The fourth-order valence-electron chi connectivity index (χ4n) is 1.63. The van der Waals surface area contributed by atoms with Crippen LogP contribution < -0.4 is 9.47 Å². The van der Waals surface area contributed by atoms with Gasteiger partial charge in [-0.2, -0.15) is 4.98 Å². The van der Waals surface area contributed by atoms with E-state index in [1.54, 1.807) is 19.2 Å². The predicted molar refractivity (Wildman–Crippen MR) is 82.9 cm³/mol. The van der Waals surface area contributed by atoms with E-state index in [1.165, 1.54) is 0 Å². The number of carbonyl (C=O) groups excluding carboxylic acids is 1. The second kappa shape index (κ2) is 10.6. The number of hydrogen-bond acceptors (Lipinski definition) is 6. The summed E-state index contributed by atoms with van der Waals surface area (Å²) in [6.07, 6.45) is 5.33. The number of hydrogen-bond donors (Lipinski definition) is 0. The second-order valence-corrected chi connectivity index (χ2v) is 4.79. The average molecular weight is 308 g/mol. The molecule has 1 rings (SSSR count). The zero-order chi connectivity index (χ0) is 16.2. The first-order chi connectivity index (χ1) is 10.6. The Kier molecular flexibility index (Phi) is 8.64. The number of carbonyl (C=O) groups is 1. The molecular formula is C16H24N2O4. The Bertz CT molecular complexity index is 477. The zero-order valence-electron chi connectivity index (χ0n) is 13.3. The third-order valence-electron chi connectivity index (χ3n) is 2.75. The Morgan fingerprint density at radius 1 is 1.18 bits per heavy atom. The van der Waals surface area contributed by atoms with E-state index in [0.29, 0.717) is 37.3 Å². The van der Waals surface area contributed by atoms with Crippen LogP contribution in [0.1, 0.15) is 39.5 Å². The Morgan fingerprint density at radius 3 is 2.59 bits per heavy atom. The summed E-state index contributed by atoms with van der Waals surface area (Å²) in [5.41, 5.74) is 0.433. The molecule has 6 heteroatoms. The van der Waals surface area contributed by atoms with E-state index in [0.717, 1.165) is 25.7 Å². The van der Waals surface area contributed by atoms with Gasteiger partial charge in [0.25, 0.3) is 0 Å². The molecular weight excluding hydrogens is 284 g/mol. The Balaban J connectivity index is 2.05. The highest BCUT2D eigenvalue weighted by Gasteiger charge is 2.02. The molecule has 0 aromatic carbocycles. The molecule has 0 saturated carbocycles. The van der Waals surface area contributed by atoms with Gasteiger partial charge in [-0.05, 0) is 39.5 Å². The molecule has 0 amide bonds. The molecule has 1 aromatic rings. The van der Waals surface area contributed by atoms with Crippen molar-refractivity contribution in [2.75, 3.05) is 19.8 Å². The first kappa shape index (κ1) is 17.9. The van der Waals surface area contributed by atoms with Crippen LogP contribution in [0, 0.1) is 0 Å². The maximum atomic E-state index is 11.1. The molecule has 0 radical (unpaired) electrons. The molecule has 0 bridgehead atoms. The molecule has 0 aliphatic rings. The van der Waals surface area contributed by atoms with Crippen LogP contribution in [-0.2, 0) is 9.53 Å². The molecule has 0 saturated heterocycles. The van der Waals surface area contributed by atoms with Crippen molar-refractivity contribution < 1.29 is 19.0 Å². The van der Waals surface area contributed by atoms with E-state index >= 15 is 0 Å². The molecule has 0 atom stereocenters. The summed E-state index contributed by atoms with van der Waals surface area (Å²) in [6.45, 7) is 8.62. The number of esters is 1. The fraction of sp³-hybridized carbons (Fsp3) is 0.562. The zero-order valence-corrected chi connectivity index (χ0v) is 13.3. The van der Waals surface area contributed by atoms with Gasteiger partial charge in [0.1, 0.15) is 0 Å². The summed E-state index contributed by atoms with van der Waals surface area (Å²) in [5.74, 6) is 0.196. The number of ether oxygens (including phenoxy) is 3. The topological polar surface area (TPSA) is 70.5 Å². The van der Waals surface area contributed by atoms with Crippen LogP contribution in [0.5, 0.6) is 11.9 Å². The van der Waals surface area contributed by atoms with E-state index in [4.69, 9.17) is 14.2 Å². The van der Waals surface area contributed by atoms with E-state index in [2.05, 4.69) is 16.5 Å². The maximum Gasteiger partial charge on any atom is 0.333 e. The minimum absolute atomic E-state index is 0.324. The molecule has 0 fully saturated rings. The minimum atomic E-state index is -0.324. The van der Waals surface area contributed by atoms with Gasteiger partial charge in [0.2, 0.25) is 5.88 Å². The van der Waals surface area contributed by atoms with Gasteiger partial charge in [-0.15, -0.1) is 0 Å². The highest BCUT2D eigenvalue weighted by Crippen LogP contribution is 2.10. The van der Waals surface area contributed by atoms with Crippen LogP contribution in [0.2, 0.25) is 0 Å². The normalized spacial score (nSPS) is 10.1. The molecule has 6 nitrogen and oxygen atoms in total. The molecule has 0 spiro atoms. The first-order valence-electron chi connectivity index (χ1n) is 7.54. The van der Waals surface area contributed by atoms with E-state index < -0.39 is 0 Å². The van der Waals surface area contributed by atoms with Gasteiger partial charge in [-0.25, -0.2) is 9.78 Å². The number of unbranched alkanes of at least 4 members (excludes halogenated alkanes) is 3. The number of aromatic nitrogens is 2. The fourth-order valence-corrected chi connectivity index (χ4v) is 1.63. The molecule has 0 unspecified atom stereocenters. The Labute approximate surface area is 131 Å². The van der Waals surface area contributed by atoms with Crippen molar-refractivity contribution in [1.29, 1.82) is 0 Å². The lowest BCUT2D eigenvalue weighted by Crippen LogP contribution is -2.06. The van der Waals surface area contributed by atoms with Gasteiger partial charge in [0.15, 0.2) is 0 Å². The SMILES string of the molecule is C=C(C)C(=O)OCCCCCCOc1nccc(OCC)n1. The molecule has 22 heavy (non-hydrogen) atoms. The van der Waals surface area contributed by atoms with Gasteiger partial charge in [0, 0.05) is 17.8 Å². The smallest absolute Gasteiger partial charge is 0.333 e. The molecule has 0 aliphatic carbocycles. The molecule has 1 heterocycles. The third-order valence-corrected chi connectivity index (χ3v) is 2.75. The summed E-state index contributed by atoms with van der Waals surface area (Å²) < 4.78 is 15.8. The monoisotopic (exact) mass is 308 g/mol. The Hall–Kier alpha value is -2.11. The van der Waals surface area contributed by atoms with Crippen LogP contribution in [0.3, 0.4) is 0 Å². The van der Waals surface area contributed by atoms with Crippen molar-refractivity contribution >= 4 is 5.97 Å². The van der Waals surface area contributed by atoms with Crippen molar-refractivity contribution in [3.8, 4) is 11.9 Å². The quantitative estimate of drug-likeness (QED) is 0.355. The van der Waals surface area contributed by atoms with Crippen LogP contribution in [0.4, 0.5) is 0 Å². The predicted octanol–water partition coefficient (Wildman–Crippen LogP) is 2.93. The van der Waals surface area contributed by atoms with Gasteiger partial charge in [-0.1, -0.05) is 6.58 Å². The van der Waals surface area contributed by atoms with Crippen molar-refractivity contribution in [2.24, 2.45) is 0 Å². The first-order valence-corrected chi connectivity index (χ1v) is 7.54. The summed E-state index contributed by atoms with van der Waals surface area (Å²) in [4.78, 5) is 19.3. The van der Waals surface area contributed by atoms with Crippen LogP contribution in [0.15, 0.2) is 24.4 Å². The lowest BCUT2D eigenvalue weighted by molar-refractivity contribution is -0.139. The summed E-state index contributed by atoms with van der Waals surface area (Å²) in [7, 11) is 0. The van der Waals surface area contributed by atoms with Crippen LogP contribution >= 0.6 is 0 Å². The highest BCUT2D eigenvalue weighted by molar-refractivity contribution is 5.86. The van der Waals surface area contributed by atoms with Gasteiger partial charge >= 0.3 is 12.0 Å². The third kappa shape index (κ3) is 7.61. The van der Waals surface area contributed by atoms with Gasteiger partial charge in [-0.3, -0.25) is 0 Å². The van der Waals surface area contributed by atoms with E-state index in [1.807, 2.05) is 6.92 Å². The highest BCUT2D eigenvalue weighted by atomic mass is 16.5.